The Balaban J connectivity index is 1.56. The van der Waals surface area contributed by atoms with Crippen LogP contribution in [0.25, 0.3) is 0 Å². The number of hydrogen-bond donors (Lipinski definition) is 2. The minimum absolute atomic E-state index is 0.00479. The zero-order valence-electron chi connectivity index (χ0n) is 21.6. The number of hydrogen-bond acceptors (Lipinski definition) is 10. The number of rotatable bonds is 7. The van der Waals surface area contributed by atoms with Crippen LogP contribution in [0, 0.1) is 0 Å². The highest BCUT2D eigenvalue weighted by Gasteiger charge is 2.41. The number of ether oxygens (including phenoxy) is 4. The molecular formula is C24H28N6O8. The molecule has 14 nitrogen and oxygen atoms in total. The molecule has 14 heteroatoms. The molecule has 2 aliphatic heterocycles. The number of urea groups is 2. The van der Waals surface area contributed by atoms with Gasteiger partial charge in [0.1, 0.15) is 12.1 Å². The third-order valence-electron chi connectivity index (χ3n) is 5.58. The molecule has 0 spiro atoms. The first kappa shape index (κ1) is 26.4. The summed E-state index contributed by atoms with van der Waals surface area (Å²) in [6, 6.07) is 1.93. The molecule has 0 saturated heterocycles. The second-order valence-corrected chi connectivity index (χ2v) is 9.41. The molecule has 2 aliphatic rings. The Hall–Kier alpha value is -4.62. The van der Waals surface area contributed by atoms with Crippen molar-refractivity contribution in [2.75, 3.05) is 31.4 Å². The van der Waals surface area contributed by atoms with Crippen LogP contribution < -0.4 is 20.1 Å². The summed E-state index contributed by atoms with van der Waals surface area (Å²) in [5.41, 5.74) is 1.05. The second-order valence-electron chi connectivity index (χ2n) is 9.41. The Morgan fingerprint density at radius 3 is 2.05 bits per heavy atom. The molecule has 0 fully saturated rings. The number of aromatic nitrogens is 2. The number of pyridine rings is 2. The molecule has 2 N–H and O–H groups in total. The van der Waals surface area contributed by atoms with Crippen LogP contribution in [0.15, 0.2) is 24.5 Å². The third-order valence-corrected chi connectivity index (χ3v) is 5.58. The molecule has 1 atom stereocenters. The van der Waals surface area contributed by atoms with Crippen molar-refractivity contribution in [2.24, 2.45) is 0 Å². The zero-order chi connectivity index (χ0) is 27.6. The quantitative estimate of drug-likeness (QED) is 0.509. The van der Waals surface area contributed by atoms with Gasteiger partial charge in [-0.2, -0.15) is 0 Å². The van der Waals surface area contributed by atoms with E-state index < -0.39 is 42.4 Å². The van der Waals surface area contributed by atoms with Crippen molar-refractivity contribution in [2.45, 2.75) is 45.7 Å². The first-order valence-electron chi connectivity index (χ1n) is 11.6. The molecule has 1 unspecified atom stereocenters. The number of anilines is 2. The maximum absolute atomic E-state index is 13.1. The summed E-state index contributed by atoms with van der Waals surface area (Å²) in [5.74, 6) is -1.39. The fraction of sp³-hybridized carbons (Fsp3) is 0.417. The average molecular weight is 529 g/mol. The van der Waals surface area contributed by atoms with Gasteiger partial charge in [-0.3, -0.25) is 9.69 Å². The molecule has 4 rings (SSSR count). The fourth-order valence-electron chi connectivity index (χ4n) is 3.95. The summed E-state index contributed by atoms with van der Waals surface area (Å²) in [4.78, 5) is 62.1. The Kier molecular flexibility index (Phi) is 7.23. The summed E-state index contributed by atoms with van der Waals surface area (Å²) in [6.45, 7) is 4.23. The van der Waals surface area contributed by atoms with Gasteiger partial charge in [-0.05, 0) is 32.9 Å². The Morgan fingerprint density at radius 2 is 1.50 bits per heavy atom. The van der Waals surface area contributed by atoms with Crippen LogP contribution in [0.1, 0.15) is 31.9 Å². The monoisotopic (exact) mass is 528 g/mol. The number of amides is 4. The van der Waals surface area contributed by atoms with E-state index in [1.54, 1.807) is 32.9 Å². The lowest BCUT2D eigenvalue weighted by Gasteiger charge is -2.35. The summed E-state index contributed by atoms with van der Waals surface area (Å²) >= 11 is 0. The van der Waals surface area contributed by atoms with Crippen molar-refractivity contribution in [3.8, 4) is 11.8 Å². The second kappa shape index (κ2) is 10.4. The van der Waals surface area contributed by atoms with E-state index in [0.29, 0.717) is 28.4 Å². The standard InChI is InChI=1S/C24H28N6O8/c1-24(2,3)38-21(32)20(30-11-14-16(28-23(30)34)7-9-26-19(14)36-5)37-17(31)12-29-10-13-15(27-22(29)33)6-8-25-18(13)35-4/h6-9,20H,10-12H2,1-5H3,(H,27,33)(H,28,34). The number of nitrogens with one attached hydrogen (secondary N) is 2. The Labute approximate surface area is 218 Å². The molecule has 0 aliphatic carbocycles. The number of nitrogens with zero attached hydrogens (tertiary/aromatic N) is 4. The minimum Gasteiger partial charge on any atom is -0.481 e. The molecular weight excluding hydrogens is 500 g/mol. The number of carbonyl (C=O) groups is 4. The van der Waals surface area contributed by atoms with E-state index in [2.05, 4.69) is 20.6 Å². The minimum atomic E-state index is -1.75. The molecule has 0 aromatic carbocycles. The Morgan fingerprint density at radius 1 is 0.947 bits per heavy atom. The largest absolute Gasteiger partial charge is 0.481 e. The van der Waals surface area contributed by atoms with Crippen LogP contribution in [0.4, 0.5) is 21.0 Å². The van der Waals surface area contributed by atoms with Gasteiger partial charge >= 0.3 is 24.0 Å². The average Bonchev–Trinajstić information content (AvgIpc) is 2.85. The SMILES string of the molecule is COc1nccc2c1CN(CC(=O)OC(C(=O)OC(C)(C)C)N1Cc3c(ccnc3OC)NC1=O)C(=O)N2. The van der Waals surface area contributed by atoms with Gasteiger partial charge in [0.2, 0.25) is 11.8 Å². The summed E-state index contributed by atoms with van der Waals surface area (Å²) in [5, 5.41) is 5.30. The van der Waals surface area contributed by atoms with Crippen molar-refractivity contribution in [3.05, 3.63) is 35.7 Å². The maximum atomic E-state index is 13.1. The highest BCUT2D eigenvalue weighted by Crippen LogP contribution is 2.32. The van der Waals surface area contributed by atoms with Crippen molar-refractivity contribution >= 4 is 35.4 Å². The summed E-state index contributed by atoms with van der Waals surface area (Å²) < 4.78 is 21.4. The molecule has 38 heavy (non-hydrogen) atoms. The van der Waals surface area contributed by atoms with E-state index in [-0.39, 0.29) is 19.0 Å². The van der Waals surface area contributed by atoms with Gasteiger partial charge in [0.15, 0.2) is 0 Å². The van der Waals surface area contributed by atoms with E-state index in [4.69, 9.17) is 18.9 Å². The number of methoxy groups -OCH3 is 2. The molecule has 0 bridgehead atoms. The number of fused-ring (bicyclic) bond motifs is 2. The third kappa shape index (κ3) is 5.53. The van der Waals surface area contributed by atoms with E-state index in [9.17, 15) is 19.2 Å². The van der Waals surface area contributed by atoms with Crippen LogP contribution in [0.3, 0.4) is 0 Å². The highest BCUT2D eigenvalue weighted by atomic mass is 16.6. The smallest absolute Gasteiger partial charge is 0.370 e. The molecule has 0 radical (unpaired) electrons. The predicted octanol–water partition coefficient (Wildman–Crippen LogP) is 2.10. The van der Waals surface area contributed by atoms with E-state index in [1.807, 2.05) is 0 Å². The van der Waals surface area contributed by atoms with Gasteiger partial charge in [0.05, 0.1) is 49.8 Å². The lowest BCUT2D eigenvalue weighted by atomic mass is 10.1. The number of carbonyl (C=O) groups excluding carboxylic acids is 4. The van der Waals surface area contributed by atoms with E-state index in [0.717, 1.165) is 4.90 Å². The summed E-state index contributed by atoms with van der Waals surface area (Å²) in [7, 11) is 2.86. The van der Waals surface area contributed by atoms with Crippen molar-refractivity contribution in [3.63, 3.8) is 0 Å². The molecule has 4 amide bonds. The van der Waals surface area contributed by atoms with Crippen LogP contribution in [-0.4, -0.2) is 76.4 Å². The fourth-order valence-corrected chi connectivity index (χ4v) is 3.95. The lowest BCUT2D eigenvalue weighted by molar-refractivity contribution is -0.186. The topological polar surface area (TPSA) is 162 Å². The van der Waals surface area contributed by atoms with Gasteiger partial charge in [0.25, 0.3) is 6.23 Å². The number of esters is 2. The molecule has 2 aromatic rings. The van der Waals surface area contributed by atoms with Gasteiger partial charge in [0, 0.05) is 12.4 Å². The van der Waals surface area contributed by atoms with Crippen molar-refractivity contribution in [1.29, 1.82) is 0 Å². The van der Waals surface area contributed by atoms with Crippen LogP contribution in [0.5, 0.6) is 11.8 Å². The van der Waals surface area contributed by atoms with Gasteiger partial charge in [-0.25, -0.2) is 24.4 Å². The maximum Gasteiger partial charge on any atom is 0.370 e. The summed E-state index contributed by atoms with van der Waals surface area (Å²) in [6.07, 6.45) is 1.20. The molecule has 0 saturated carbocycles. The van der Waals surface area contributed by atoms with Gasteiger partial charge in [-0.15, -0.1) is 0 Å². The van der Waals surface area contributed by atoms with Crippen molar-refractivity contribution < 1.29 is 38.1 Å². The van der Waals surface area contributed by atoms with Gasteiger partial charge in [-0.1, -0.05) is 0 Å². The predicted molar refractivity (Wildman–Crippen MR) is 131 cm³/mol. The molecule has 202 valence electrons. The van der Waals surface area contributed by atoms with Crippen molar-refractivity contribution in [1.82, 2.24) is 19.8 Å². The van der Waals surface area contributed by atoms with E-state index >= 15 is 0 Å². The first-order chi connectivity index (χ1) is 18.0. The highest BCUT2D eigenvalue weighted by molar-refractivity contribution is 5.97. The van der Waals surface area contributed by atoms with E-state index in [1.165, 1.54) is 31.5 Å². The van der Waals surface area contributed by atoms with Gasteiger partial charge < -0.3 is 34.5 Å². The molecule has 2 aromatic heterocycles. The normalized spacial score (nSPS) is 15.4. The molecule has 4 heterocycles. The lowest BCUT2D eigenvalue weighted by Crippen LogP contribution is -2.53. The van der Waals surface area contributed by atoms with Crippen LogP contribution in [-0.2, 0) is 32.2 Å². The van der Waals surface area contributed by atoms with Crippen LogP contribution in [0.2, 0.25) is 0 Å². The zero-order valence-corrected chi connectivity index (χ0v) is 21.6. The first-order valence-corrected chi connectivity index (χ1v) is 11.6. The Bertz CT molecular complexity index is 1280. The van der Waals surface area contributed by atoms with Crippen LogP contribution >= 0.6 is 0 Å².